The van der Waals surface area contributed by atoms with Crippen LogP contribution in [-0.2, 0) is 14.4 Å². The number of unbranched alkanes of at least 4 members (excludes halogenated alkanes) is 2. The molecule has 0 radical (unpaired) electrons. The molecule has 0 spiro atoms. The lowest BCUT2D eigenvalue weighted by molar-refractivity contribution is -0.137. The molecule has 0 aromatic heterocycles. The average Bonchev–Trinajstić information content (AvgIpc) is 3.03. The van der Waals surface area contributed by atoms with Crippen molar-refractivity contribution in [1.82, 2.24) is 4.90 Å². The summed E-state index contributed by atoms with van der Waals surface area (Å²) >= 11 is 0. The van der Waals surface area contributed by atoms with Crippen molar-refractivity contribution in [3.05, 3.63) is 83.1 Å². The highest BCUT2D eigenvalue weighted by atomic mass is 16.4. The fraction of sp³-hybridized carbons (Fsp3) is 0.240. The second-order valence-electron chi connectivity index (χ2n) is 7.57. The van der Waals surface area contributed by atoms with Gasteiger partial charge in [0.15, 0.2) is 11.5 Å². The molecule has 3 N–H and O–H groups in total. The first-order valence-corrected chi connectivity index (χ1v) is 10.4. The number of phenolic OH excluding ortho intramolecular Hbond substituents is 1. The number of benzene rings is 2. The van der Waals surface area contributed by atoms with Gasteiger partial charge in [0.25, 0.3) is 5.91 Å². The second-order valence-corrected chi connectivity index (χ2v) is 7.57. The van der Waals surface area contributed by atoms with E-state index in [4.69, 9.17) is 5.11 Å². The summed E-state index contributed by atoms with van der Waals surface area (Å²) in [4.78, 5) is 38.0. The molecule has 3 rings (SSSR count). The minimum absolute atomic E-state index is 0.0154. The summed E-state index contributed by atoms with van der Waals surface area (Å²) in [5.41, 5.74) is 1.38. The Labute approximate surface area is 185 Å². The lowest BCUT2D eigenvalue weighted by Crippen LogP contribution is -2.32. The van der Waals surface area contributed by atoms with Gasteiger partial charge in [-0.05, 0) is 42.2 Å². The third-order valence-electron chi connectivity index (χ3n) is 5.29. The Balaban J connectivity index is 1.85. The van der Waals surface area contributed by atoms with Crippen molar-refractivity contribution in [2.24, 2.45) is 0 Å². The zero-order valence-corrected chi connectivity index (χ0v) is 17.5. The van der Waals surface area contributed by atoms with E-state index in [1.165, 1.54) is 23.1 Å². The molecule has 7 nitrogen and oxygen atoms in total. The monoisotopic (exact) mass is 435 g/mol. The van der Waals surface area contributed by atoms with Crippen molar-refractivity contribution in [3.63, 3.8) is 0 Å². The largest absolute Gasteiger partial charge is 0.508 e. The molecular formula is C25H25NO6. The smallest absolute Gasteiger partial charge is 0.303 e. The molecule has 2 aromatic rings. The number of carbonyl (C=O) groups is 3. The number of aliphatic carboxylic acids is 1. The van der Waals surface area contributed by atoms with Gasteiger partial charge in [0.05, 0.1) is 11.6 Å². The van der Waals surface area contributed by atoms with Crippen molar-refractivity contribution in [1.29, 1.82) is 0 Å². The lowest BCUT2D eigenvalue weighted by atomic mass is 9.95. The summed E-state index contributed by atoms with van der Waals surface area (Å²) in [6, 6.07) is 14.5. The van der Waals surface area contributed by atoms with Gasteiger partial charge in [-0.3, -0.25) is 14.4 Å². The Bertz CT molecular complexity index is 1040. The Morgan fingerprint density at radius 2 is 1.62 bits per heavy atom. The number of hydrogen-bond donors (Lipinski definition) is 3. The fourth-order valence-electron chi connectivity index (χ4n) is 3.70. The molecule has 0 aliphatic carbocycles. The molecule has 0 unspecified atom stereocenters. The quantitative estimate of drug-likeness (QED) is 0.384. The molecule has 166 valence electrons. The molecule has 2 aromatic carbocycles. The summed E-state index contributed by atoms with van der Waals surface area (Å²) in [7, 11) is 0. The van der Waals surface area contributed by atoms with Crippen molar-refractivity contribution >= 4 is 23.7 Å². The van der Waals surface area contributed by atoms with E-state index in [9.17, 15) is 24.6 Å². The van der Waals surface area contributed by atoms with Crippen LogP contribution in [0.1, 0.15) is 42.9 Å². The number of carboxylic acid groups (broad SMARTS) is 1. The van der Waals surface area contributed by atoms with E-state index in [1.807, 2.05) is 30.3 Å². The molecule has 0 saturated heterocycles. The first-order chi connectivity index (χ1) is 15.4. The Kier molecular flexibility index (Phi) is 7.44. The molecule has 1 amide bonds. The highest BCUT2D eigenvalue weighted by Crippen LogP contribution is 2.38. The fourth-order valence-corrected chi connectivity index (χ4v) is 3.70. The average molecular weight is 435 g/mol. The SMILES string of the molecule is O=C(O)CCCCCN1C(=O)C(O)=C(C(=O)/C=C/c2ccccc2)[C@@H]1c1ccc(O)cc1. The second kappa shape index (κ2) is 10.4. The minimum atomic E-state index is -0.874. The van der Waals surface area contributed by atoms with Crippen LogP contribution < -0.4 is 0 Å². The van der Waals surface area contributed by atoms with E-state index < -0.39 is 29.5 Å². The van der Waals surface area contributed by atoms with Crippen LogP contribution in [0.25, 0.3) is 6.08 Å². The summed E-state index contributed by atoms with van der Waals surface area (Å²) in [5, 5.41) is 29.0. The maximum atomic E-state index is 13.0. The molecular weight excluding hydrogens is 410 g/mol. The van der Waals surface area contributed by atoms with Gasteiger partial charge >= 0.3 is 5.97 Å². The molecule has 0 fully saturated rings. The van der Waals surface area contributed by atoms with E-state index >= 15 is 0 Å². The van der Waals surface area contributed by atoms with Gasteiger partial charge in [0.2, 0.25) is 0 Å². The zero-order chi connectivity index (χ0) is 23.1. The minimum Gasteiger partial charge on any atom is -0.508 e. The number of carbonyl (C=O) groups excluding carboxylic acids is 2. The van der Waals surface area contributed by atoms with Gasteiger partial charge in [-0.1, -0.05) is 55.0 Å². The number of aliphatic hydroxyl groups excluding tert-OH is 1. The summed E-state index contributed by atoms with van der Waals surface area (Å²) < 4.78 is 0. The van der Waals surface area contributed by atoms with E-state index in [2.05, 4.69) is 0 Å². The normalized spacial score (nSPS) is 16.2. The van der Waals surface area contributed by atoms with Crippen LogP contribution in [0.4, 0.5) is 0 Å². The molecule has 32 heavy (non-hydrogen) atoms. The Morgan fingerprint density at radius 3 is 2.28 bits per heavy atom. The summed E-state index contributed by atoms with van der Waals surface area (Å²) in [5.74, 6) is -2.54. The van der Waals surface area contributed by atoms with E-state index in [1.54, 1.807) is 18.2 Å². The number of aromatic hydroxyl groups is 1. The number of carboxylic acids is 1. The maximum absolute atomic E-state index is 13.0. The summed E-state index contributed by atoms with van der Waals surface area (Å²) in [6.07, 6.45) is 4.60. The Hall–Kier alpha value is -3.87. The highest BCUT2D eigenvalue weighted by Gasteiger charge is 2.42. The zero-order valence-electron chi connectivity index (χ0n) is 17.5. The van der Waals surface area contributed by atoms with Crippen LogP contribution in [-0.4, -0.2) is 44.4 Å². The number of nitrogens with zero attached hydrogens (tertiary/aromatic N) is 1. The third kappa shape index (κ3) is 5.43. The number of amides is 1. The van der Waals surface area contributed by atoms with Crippen LogP contribution in [0.3, 0.4) is 0 Å². The first-order valence-electron chi connectivity index (χ1n) is 10.4. The maximum Gasteiger partial charge on any atom is 0.303 e. The van der Waals surface area contributed by atoms with E-state index in [-0.39, 0.29) is 24.3 Å². The van der Waals surface area contributed by atoms with Crippen molar-refractivity contribution < 1.29 is 29.7 Å². The van der Waals surface area contributed by atoms with Crippen LogP contribution in [0.5, 0.6) is 5.75 Å². The molecule has 1 atom stereocenters. The summed E-state index contributed by atoms with van der Waals surface area (Å²) in [6.45, 7) is 0.257. The van der Waals surface area contributed by atoms with Gasteiger partial charge in [-0.15, -0.1) is 0 Å². The number of allylic oxidation sites excluding steroid dienone is 1. The topological polar surface area (TPSA) is 115 Å². The van der Waals surface area contributed by atoms with Gasteiger partial charge in [-0.25, -0.2) is 0 Å². The predicted octanol–water partition coefficient (Wildman–Crippen LogP) is 4.02. The molecule has 7 heteroatoms. The van der Waals surface area contributed by atoms with Crippen LogP contribution in [0.15, 0.2) is 72.0 Å². The van der Waals surface area contributed by atoms with Crippen molar-refractivity contribution in [2.45, 2.75) is 31.7 Å². The molecule has 0 bridgehead atoms. The molecule has 1 aliphatic rings. The number of rotatable bonds is 10. The van der Waals surface area contributed by atoms with E-state index in [0.29, 0.717) is 24.8 Å². The number of hydrogen-bond acceptors (Lipinski definition) is 5. The number of ketones is 1. The lowest BCUT2D eigenvalue weighted by Gasteiger charge is -2.26. The number of aliphatic hydroxyl groups is 1. The highest BCUT2D eigenvalue weighted by molar-refractivity contribution is 6.14. The predicted molar refractivity (Wildman–Crippen MR) is 119 cm³/mol. The van der Waals surface area contributed by atoms with Gasteiger partial charge in [-0.2, -0.15) is 0 Å². The third-order valence-corrected chi connectivity index (χ3v) is 5.29. The van der Waals surface area contributed by atoms with Gasteiger partial charge in [0.1, 0.15) is 5.75 Å². The van der Waals surface area contributed by atoms with Crippen LogP contribution >= 0.6 is 0 Å². The molecule has 0 saturated carbocycles. The van der Waals surface area contributed by atoms with E-state index in [0.717, 1.165) is 5.56 Å². The Morgan fingerprint density at radius 1 is 0.938 bits per heavy atom. The van der Waals surface area contributed by atoms with Crippen LogP contribution in [0.2, 0.25) is 0 Å². The molecule has 1 aliphatic heterocycles. The first kappa shape index (κ1) is 22.8. The van der Waals surface area contributed by atoms with Gasteiger partial charge < -0.3 is 20.2 Å². The molecule has 1 heterocycles. The van der Waals surface area contributed by atoms with Crippen LogP contribution in [0, 0.1) is 0 Å². The van der Waals surface area contributed by atoms with Crippen molar-refractivity contribution in [2.75, 3.05) is 6.54 Å². The van der Waals surface area contributed by atoms with Gasteiger partial charge in [0, 0.05) is 13.0 Å². The van der Waals surface area contributed by atoms with Crippen molar-refractivity contribution in [3.8, 4) is 5.75 Å². The standard InChI is InChI=1S/C25H25NO6/c27-19-13-11-18(12-14-19)23-22(20(28)15-10-17-7-3-1-4-8-17)24(31)25(32)26(23)16-6-2-5-9-21(29)30/h1,3-4,7-8,10-15,23,27,31H,2,5-6,9,16H2,(H,29,30)/b15-10+/t23-/m0/s1. The number of phenols is 1.